The van der Waals surface area contributed by atoms with Crippen molar-refractivity contribution in [1.29, 1.82) is 0 Å². The van der Waals surface area contributed by atoms with E-state index in [-0.39, 0.29) is 174 Å². The van der Waals surface area contributed by atoms with Gasteiger partial charge in [-0.15, -0.1) is 4.48 Å². The van der Waals surface area contributed by atoms with E-state index in [1.807, 2.05) is 19.0 Å². The van der Waals surface area contributed by atoms with Crippen LogP contribution in [-0.4, -0.2) is 205 Å². The molecule has 20 aliphatic rings. The quantitative estimate of drug-likeness (QED) is 0.105. The molecule has 10 unspecified atom stereocenters. The number of fused-ring (bicyclic) bond motifs is 25. The van der Waals surface area contributed by atoms with Gasteiger partial charge in [-0.2, -0.15) is 0 Å². The molecule has 15 aliphatic carbocycles. The second-order valence-electron chi connectivity index (χ2n) is 50.9. The largest absolute Gasteiger partial charge is 1.00 e. The molecule has 5 amide bonds. The van der Waals surface area contributed by atoms with Gasteiger partial charge in [-0.25, -0.2) is 25.6 Å². The van der Waals surface area contributed by atoms with Crippen LogP contribution in [0.2, 0.25) is 0 Å². The van der Waals surface area contributed by atoms with Crippen molar-refractivity contribution in [1.82, 2.24) is 28.8 Å². The maximum absolute atomic E-state index is 14.5. The minimum Gasteiger partial charge on any atom is -0.870 e. The zero-order valence-corrected chi connectivity index (χ0v) is 93.0. The van der Waals surface area contributed by atoms with E-state index in [9.17, 15) is 78.0 Å². The van der Waals surface area contributed by atoms with Crippen LogP contribution in [-0.2, 0) is 91.7 Å². The predicted molar refractivity (Wildman–Crippen MR) is 546 cm³/mol. The van der Waals surface area contributed by atoms with E-state index in [1.54, 1.807) is 42.1 Å². The summed E-state index contributed by atoms with van der Waals surface area (Å²) in [4.78, 5) is 128. The van der Waals surface area contributed by atoms with E-state index in [1.165, 1.54) is 104 Å². The zero-order valence-electron chi connectivity index (χ0n) is 91.4. The number of esters is 5. The molecule has 15 saturated carbocycles. The van der Waals surface area contributed by atoms with Gasteiger partial charge in [0.15, 0.2) is 12.0 Å². The summed E-state index contributed by atoms with van der Waals surface area (Å²) in [6, 6.07) is 14.3. The third-order valence-corrected chi connectivity index (χ3v) is 49.6. The molecular weight excluding hydrogens is 1930 g/mol. The molecule has 2 N–H and O–H groups in total. The van der Waals surface area contributed by atoms with Crippen molar-refractivity contribution in [3.05, 3.63) is 96.9 Å². The second-order valence-corrected chi connectivity index (χ2v) is 54.6. The van der Waals surface area contributed by atoms with E-state index in [0.29, 0.717) is 114 Å². The third-order valence-electron chi connectivity index (χ3n) is 45.9. The van der Waals surface area contributed by atoms with Gasteiger partial charge in [0.25, 0.3) is 31.9 Å². The van der Waals surface area contributed by atoms with Gasteiger partial charge in [-0.3, -0.25) is 47.9 Å². The number of carbonyl (C=O) groups excluding carboxylic acids is 10. The van der Waals surface area contributed by atoms with Crippen molar-refractivity contribution >= 4 is 79.4 Å². The molecule has 36 atom stereocenters. The summed E-state index contributed by atoms with van der Waals surface area (Å²) in [5, 5.41) is 3.20. The average molecular weight is 2090 g/mol. The molecule has 148 heavy (non-hydrogen) atoms. The molecule has 26 nitrogen and oxygen atoms in total. The number of rotatable bonds is 9. The number of halogens is 3. The van der Waals surface area contributed by atoms with Gasteiger partial charge >= 0.3 is 48.7 Å². The van der Waals surface area contributed by atoms with E-state index in [2.05, 4.69) is 91.6 Å². The van der Waals surface area contributed by atoms with E-state index in [4.69, 9.17) is 23.7 Å². The summed E-state index contributed by atoms with van der Waals surface area (Å²) in [5.74, 6) is 7.95. The Balaban J connectivity index is 0.000000133. The molecular formula is C116H166F3LiN6O20S2. The van der Waals surface area contributed by atoms with Crippen molar-refractivity contribution < 1.29 is 126 Å². The molecule has 2 saturated heterocycles. The first-order valence-corrected chi connectivity index (χ1v) is 58.0. The molecule has 814 valence electrons. The second kappa shape index (κ2) is 42.7. The average Bonchev–Trinajstić information content (AvgIpc) is 1.50. The number of likely N-dealkylation sites (N-methyl/N-ethyl adjacent to an activating group) is 2. The van der Waals surface area contributed by atoms with Crippen molar-refractivity contribution in [2.75, 3.05) is 63.7 Å². The van der Waals surface area contributed by atoms with Gasteiger partial charge < -0.3 is 54.1 Å². The Kier molecular flexibility index (Phi) is 33.1. The minimum atomic E-state index is -4.77. The van der Waals surface area contributed by atoms with Crippen molar-refractivity contribution in [3.63, 3.8) is 0 Å². The number of amides is 5. The number of carbonyl (C=O) groups is 10. The Hall–Kier alpha value is -7.43. The Morgan fingerprint density at radius 3 is 1.07 bits per heavy atom. The summed E-state index contributed by atoms with van der Waals surface area (Å²) in [7, 11) is 5.53. The van der Waals surface area contributed by atoms with E-state index >= 15 is 0 Å². The number of nitrogens with one attached hydrogen (secondary N) is 1. The first kappa shape index (κ1) is 115. The van der Waals surface area contributed by atoms with Gasteiger partial charge in [-0.1, -0.05) is 118 Å². The Morgan fingerprint density at radius 2 is 0.689 bits per heavy atom. The van der Waals surface area contributed by atoms with Crippen LogP contribution < -0.4 is 24.2 Å². The third kappa shape index (κ3) is 18.7. The van der Waals surface area contributed by atoms with Crippen LogP contribution in [0.4, 0.5) is 13.3 Å². The summed E-state index contributed by atoms with van der Waals surface area (Å²) in [5.41, 5.74) is 0.285. The number of methoxy groups -OCH3 is 5. The molecule has 5 aliphatic heterocycles. The smallest absolute Gasteiger partial charge is 0.870 e. The number of piperidine rings is 2. The molecule has 5 heterocycles. The summed E-state index contributed by atoms with van der Waals surface area (Å²) >= 11 is 0. The number of benzene rings is 2. The molecule has 32 heteroatoms. The first-order valence-electron chi connectivity index (χ1n) is 55.1. The fraction of sp³-hybridized carbons (Fsp3) is 0.759. The van der Waals surface area contributed by atoms with Gasteiger partial charge in [0, 0.05) is 81.1 Å². The van der Waals surface area contributed by atoms with E-state index < -0.39 is 51.7 Å². The van der Waals surface area contributed by atoms with Crippen LogP contribution in [0, 0.1) is 173 Å². The van der Waals surface area contributed by atoms with Gasteiger partial charge in [0.05, 0.1) is 78.9 Å². The number of nitrogens with zero attached hydrogens (tertiary/aromatic N) is 5. The van der Waals surface area contributed by atoms with Crippen molar-refractivity contribution in [2.45, 2.75) is 327 Å². The monoisotopic (exact) mass is 2090 g/mol. The standard InChI is InChI=1S/C21H32FNO3.C21H30FNO3.C21H33NO3.C21H31NO3.C20H29NO3.C12H10FNO4S2.Li.H2O/c2*1-20-10-9-14-12(13(20)6-7-15(20)19(25)26-4)5-8-17-21(14,2)11-16(22)18(24)23(17)3;2*1-20-11-9-15-13(14(20)6-7-16(20)19(24)25-4)5-8-17-21(15,2)12-10-18(23)22(17)3;1-19-10-8-14-12(13(19)5-6-15(19)18(23)24-3)4-7-16-20(14,2)11-9-17(22)21-16;13-14(19(15,16)11-7-3-1-4-8-11)20(17,18)12-9-5-2-6-10-12;;/h12-17H,5-11H2,1-4H3;11-15,17H,5-10H2,1-4H3;13-17H,5-12H2,1-4H3;10,12-17H,5-9,11H2,1-4H3;9,11-16H,4-8,10H2,1-3H3,(H,21,22);1-10H;;1H2/q;;;;;;+1;/p-1/t12?,13-,14?,15+,16+,17+,20-,21+;12?,13-,14?,15+,17+,20-,21+;2*13?,14-,15?,16+,17+,20-,21+;12?,13-,14?,15+,16+,19-,20+;;;/m00000.../s1. The fourth-order valence-electron chi connectivity index (χ4n) is 38.4. The molecule has 0 aromatic heterocycles. The number of ether oxygens (including phenoxy) is 5. The minimum absolute atomic E-state index is 0. The molecule has 0 bridgehead atoms. The van der Waals surface area contributed by atoms with Crippen LogP contribution >= 0.6 is 0 Å². The molecule has 22 rings (SSSR count). The van der Waals surface area contributed by atoms with Gasteiger partial charge in [0.1, 0.15) is 0 Å². The van der Waals surface area contributed by atoms with Crippen LogP contribution in [0.5, 0.6) is 0 Å². The molecule has 0 radical (unpaired) electrons. The predicted octanol–water partition coefficient (Wildman–Crippen LogP) is 16.2. The van der Waals surface area contributed by atoms with Crippen molar-refractivity contribution in [2.24, 2.45) is 173 Å². The first-order chi connectivity index (χ1) is 68.9. The Bertz CT molecular complexity index is 5600. The number of alkyl halides is 1. The maximum Gasteiger partial charge on any atom is 1.00 e. The fourth-order valence-corrected chi connectivity index (χ4v) is 41.3. The van der Waals surface area contributed by atoms with Crippen LogP contribution in [0.1, 0.15) is 281 Å². The molecule has 2 aromatic carbocycles. The molecule has 0 spiro atoms. The number of likely N-dealkylation sites (tertiary alicyclic amines) is 2. The normalized spacial score (nSPS) is 43.5. The molecule has 2 aromatic rings. The number of hydrogen-bond acceptors (Lipinski definition) is 20. The van der Waals surface area contributed by atoms with Crippen molar-refractivity contribution in [3.8, 4) is 0 Å². The summed E-state index contributed by atoms with van der Waals surface area (Å²) in [6.45, 7) is 23.1. The summed E-state index contributed by atoms with van der Waals surface area (Å²) in [6.07, 6.45) is 42.4. The van der Waals surface area contributed by atoms with Gasteiger partial charge in [0.2, 0.25) is 17.7 Å². The van der Waals surface area contributed by atoms with Crippen LogP contribution in [0.3, 0.4) is 0 Å². The van der Waals surface area contributed by atoms with E-state index in [0.717, 1.165) is 197 Å². The van der Waals surface area contributed by atoms with Crippen LogP contribution in [0.25, 0.3) is 0 Å². The SMILES string of the molecule is COC(=O)[C@H]1CC[C@H]2C3CC[C@H]4N(C)C(=O)C(F)=C[C@]4(C)C3CC[C@]12C.COC(=O)[C@H]1CC[C@H]2C3CC[C@H]4N(C)C(=O)C=C[C@]4(C)C3CC[C@]12C.COC(=O)[C@H]1CC[C@H]2C3CC[C@H]4N(C)C(=O)CC[C@]4(C)C3CC[C@]12C.COC(=O)[C@H]1CC[C@H]2C3CC[C@H]4N(C)C(=O)[C@H](F)C[C@]4(C)C3CC[C@]12C.COC(=O)[C@H]1CC[C@H]2C3CC[C@H]4NC(=O)C=C[C@]4(C)C3CC[C@]12C.O=S(=O)(c1ccccc1)N(F)S(=O)(=O)c1ccccc1.[Li+].[OH-]. The van der Waals surface area contributed by atoms with Gasteiger partial charge in [-0.05, 0) is 375 Å². The van der Waals surface area contributed by atoms with Crippen LogP contribution in [0.15, 0.2) is 107 Å². The number of hydrogen-bond donors (Lipinski definition) is 1. The molecule has 17 fully saturated rings. The Morgan fingerprint density at radius 1 is 0.372 bits per heavy atom. The summed E-state index contributed by atoms with van der Waals surface area (Å²) < 4.78 is 115. The Labute approximate surface area is 889 Å². The number of sulfonamides is 2. The zero-order chi connectivity index (χ0) is 106. The maximum atomic E-state index is 14.5. The topological polar surface area (TPSA) is 343 Å².